The fourth-order valence-corrected chi connectivity index (χ4v) is 2.15. The highest BCUT2D eigenvalue weighted by Crippen LogP contribution is 2.38. The van der Waals surface area contributed by atoms with E-state index in [1.807, 2.05) is 0 Å². The number of benzene rings is 1. The van der Waals surface area contributed by atoms with Crippen molar-refractivity contribution in [3.8, 4) is 0 Å². The van der Waals surface area contributed by atoms with Crippen molar-refractivity contribution in [2.75, 3.05) is 6.54 Å². The van der Waals surface area contributed by atoms with Gasteiger partial charge >= 0.3 is 0 Å². The van der Waals surface area contributed by atoms with Gasteiger partial charge in [0, 0.05) is 10.4 Å². The summed E-state index contributed by atoms with van der Waals surface area (Å²) in [6.07, 6.45) is 1.15. The van der Waals surface area contributed by atoms with Crippen molar-refractivity contribution in [2.24, 2.45) is 5.73 Å². The molecule has 1 unspecified atom stereocenters. The first-order valence-electron chi connectivity index (χ1n) is 3.80. The van der Waals surface area contributed by atoms with Crippen LogP contribution in [-0.2, 0) is 6.42 Å². The molecule has 0 bridgehead atoms. The van der Waals surface area contributed by atoms with Crippen molar-refractivity contribution in [3.63, 3.8) is 0 Å². The zero-order valence-electron chi connectivity index (χ0n) is 6.18. The summed E-state index contributed by atoms with van der Waals surface area (Å²) in [6.45, 7) is 0.781. The topological polar surface area (TPSA) is 26.0 Å². The summed E-state index contributed by atoms with van der Waals surface area (Å²) in [7, 11) is 0. The van der Waals surface area contributed by atoms with Gasteiger partial charge in [-0.05, 0) is 30.2 Å². The Morgan fingerprint density at radius 3 is 3.09 bits per heavy atom. The van der Waals surface area contributed by atoms with Gasteiger partial charge in [-0.2, -0.15) is 0 Å². The molecule has 0 saturated carbocycles. The Labute approximate surface area is 74.7 Å². The zero-order chi connectivity index (χ0) is 7.84. The summed E-state index contributed by atoms with van der Waals surface area (Å²) in [4.78, 5) is 0. The van der Waals surface area contributed by atoms with E-state index in [0.717, 1.165) is 13.0 Å². The Bertz CT molecular complexity index is 283. The molecule has 0 heterocycles. The molecule has 0 aliphatic heterocycles. The molecule has 2 rings (SSSR count). The largest absolute Gasteiger partial charge is 0.330 e. The molecule has 1 aromatic carbocycles. The van der Waals surface area contributed by atoms with Gasteiger partial charge in [-0.1, -0.05) is 28.1 Å². The smallest absolute Gasteiger partial charge is 0.0210 e. The van der Waals surface area contributed by atoms with Crippen LogP contribution in [0.4, 0.5) is 0 Å². The summed E-state index contributed by atoms with van der Waals surface area (Å²) in [6, 6.07) is 6.33. The number of hydrogen-bond donors (Lipinski definition) is 1. The highest BCUT2D eigenvalue weighted by atomic mass is 79.9. The number of nitrogens with two attached hydrogens (primary N) is 1. The van der Waals surface area contributed by atoms with Crippen LogP contribution in [0.25, 0.3) is 0 Å². The monoisotopic (exact) mass is 211 g/mol. The van der Waals surface area contributed by atoms with E-state index in [2.05, 4.69) is 34.1 Å². The average molecular weight is 212 g/mol. The maximum absolute atomic E-state index is 5.58. The first-order chi connectivity index (χ1) is 5.33. The Kier molecular flexibility index (Phi) is 1.74. The molecule has 0 amide bonds. The maximum Gasteiger partial charge on any atom is 0.0210 e. The lowest BCUT2D eigenvalue weighted by atomic mass is 9.78. The summed E-state index contributed by atoms with van der Waals surface area (Å²) in [5, 5.41) is 0. The third kappa shape index (κ3) is 1.01. The van der Waals surface area contributed by atoms with Crippen LogP contribution >= 0.6 is 15.9 Å². The molecule has 0 spiro atoms. The molecule has 2 heteroatoms. The fourth-order valence-electron chi connectivity index (χ4n) is 1.61. The number of hydrogen-bond acceptors (Lipinski definition) is 1. The molecule has 0 radical (unpaired) electrons. The minimum absolute atomic E-state index is 0.613. The van der Waals surface area contributed by atoms with Crippen LogP contribution < -0.4 is 5.73 Å². The SMILES string of the molecule is NCC1Cc2c(Br)cccc21. The molecule has 0 fully saturated rings. The molecular weight excluding hydrogens is 202 g/mol. The summed E-state index contributed by atoms with van der Waals surface area (Å²) >= 11 is 3.51. The van der Waals surface area contributed by atoms with Crippen molar-refractivity contribution in [1.29, 1.82) is 0 Å². The minimum atomic E-state index is 0.613. The van der Waals surface area contributed by atoms with Crippen molar-refractivity contribution in [1.82, 2.24) is 0 Å². The van der Waals surface area contributed by atoms with E-state index < -0.39 is 0 Å². The van der Waals surface area contributed by atoms with Crippen LogP contribution in [0.15, 0.2) is 22.7 Å². The second-order valence-electron chi connectivity index (χ2n) is 2.94. The Morgan fingerprint density at radius 1 is 1.55 bits per heavy atom. The lowest BCUT2D eigenvalue weighted by molar-refractivity contribution is 0.615. The molecule has 1 aliphatic rings. The third-order valence-corrected chi connectivity index (χ3v) is 3.07. The van der Waals surface area contributed by atoms with Gasteiger partial charge in [-0.3, -0.25) is 0 Å². The maximum atomic E-state index is 5.58. The number of rotatable bonds is 1. The normalized spacial score (nSPS) is 20.7. The lowest BCUT2D eigenvalue weighted by Gasteiger charge is -2.29. The Balaban J connectivity index is 2.41. The molecule has 0 saturated heterocycles. The van der Waals surface area contributed by atoms with Gasteiger partial charge in [-0.15, -0.1) is 0 Å². The highest BCUT2D eigenvalue weighted by Gasteiger charge is 2.25. The van der Waals surface area contributed by atoms with Gasteiger partial charge in [0.15, 0.2) is 0 Å². The van der Waals surface area contributed by atoms with Gasteiger partial charge in [0.1, 0.15) is 0 Å². The molecule has 0 aromatic heterocycles. The van der Waals surface area contributed by atoms with E-state index in [9.17, 15) is 0 Å². The van der Waals surface area contributed by atoms with E-state index in [-0.39, 0.29) is 0 Å². The molecule has 1 atom stereocenters. The lowest BCUT2D eigenvalue weighted by Crippen LogP contribution is -2.24. The first-order valence-corrected chi connectivity index (χ1v) is 4.59. The minimum Gasteiger partial charge on any atom is -0.330 e. The van der Waals surface area contributed by atoms with Crippen LogP contribution in [-0.4, -0.2) is 6.54 Å². The Hall–Kier alpha value is -0.340. The van der Waals surface area contributed by atoms with Gasteiger partial charge in [0.05, 0.1) is 0 Å². The van der Waals surface area contributed by atoms with Gasteiger partial charge < -0.3 is 5.73 Å². The molecular formula is C9H10BrN. The summed E-state index contributed by atoms with van der Waals surface area (Å²) in [5.74, 6) is 0.613. The molecule has 1 aliphatic carbocycles. The van der Waals surface area contributed by atoms with Crippen LogP contribution in [0.5, 0.6) is 0 Å². The van der Waals surface area contributed by atoms with Gasteiger partial charge in [0.25, 0.3) is 0 Å². The quantitative estimate of drug-likeness (QED) is 0.757. The van der Waals surface area contributed by atoms with Crippen molar-refractivity contribution in [2.45, 2.75) is 12.3 Å². The predicted molar refractivity (Wildman–Crippen MR) is 49.6 cm³/mol. The zero-order valence-corrected chi connectivity index (χ0v) is 7.76. The van der Waals surface area contributed by atoms with E-state index in [4.69, 9.17) is 5.73 Å². The molecule has 11 heavy (non-hydrogen) atoms. The van der Waals surface area contributed by atoms with E-state index in [1.54, 1.807) is 0 Å². The van der Waals surface area contributed by atoms with Crippen molar-refractivity contribution < 1.29 is 0 Å². The Morgan fingerprint density at radius 2 is 2.36 bits per heavy atom. The van der Waals surface area contributed by atoms with Crippen LogP contribution in [0.3, 0.4) is 0 Å². The number of halogens is 1. The van der Waals surface area contributed by atoms with Crippen LogP contribution in [0, 0.1) is 0 Å². The first kappa shape index (κ1) is 7.32. The standard InChI is InChI=1S/C9H10BrN/c10-9-3-1-2-7-6(5-11)4-8(7)9/h1-3,6H,4-5,11H2. The molecule has 1 aromatic rings. The second kappa shape index (κ2) is 2.61. The molecule has 1 nitrogen and oxygen atoms in total. The fraction of sp³-hybridized carbons (Fsp3) is 0.333. The van der Waals surface area contributed by atoms with E-state index >= 15 is 0 Å². The van der Waals surface area contributed by atoms with E-state index in [0.29, 0.717) is 5.92 Å². The van der Waals surface area contributed by atoms with Crippen LogP contribution in [0.1, 0.15) is 17.0 Å². The number of fused-ring (bicyclic) bond motifs is 1. The predicted octanol–water partition coefficient (Wildman–Crippen LogP) is 2.05. The van der Waals surface area contributed by atoms with Crippen molar-refractivity contribution >= 4 is 15.9 Å². The van der Waals surface area contributed by atoms with Gasteiger partial charge in [0.2, 0.25) is 0 Å². The molecule has 2 N–H and O–H groups in total. The highest BCUT2D eigenvalue weighted by molar-refractivity contribution is 9.10. The molecule has 58 valence electrons. The van der Waals surface area contributed by atoms with Gasteiger partial charge in [-0.25, -0.2) is 0 Å². The van der Waals surface area contributed by atoms with Crippen LogP contribution in [0.2, 0.25) is 0 Å². The third-order valence-electron chi connectivity index (χ3n) is 2.33. The van der Waals surface area contributed by atoms with Crippen molar-refractivity contribution in [3.05, 3.63) is 33.8 Å². The summed E-state index contributed by atoms with van der Waals surface area (Å²) < 4.78 is 1.24. The summed E-state index contributed by atoms with van der Waals surface area (Å²) in [5.41, 5.74) is 8.46. The average Bonchev–Trinajstić information content (AvgIpc) is 1.95. The van der Waals surface area contributed by atoms with E-state index in [1.165, 1.54) is 15.6 Å². The second-order valence-corrected chi connectivity index (χ2v) is 3.80.